The van der Waals surface area contributed by atoms with Crippen LogP contribution in [-0.4, -0.2) is 34.6 Å². The highest BCUT2D eigenvalue weighted by Crippen LogP contribution is 2.22. The molecule has 0 saturated carbocycles. The molecular formula is C11H22MgO2. The summed E-state index contributed by atoms with van der Waals surface area (Å²) in [5.41, 5.74) is -0.804. The summed E-state index contributed by atoms with van der Waals surface area (Å²) < 4.78 is 0. The van der Waals surface area contributed by atoms with Crippen molar-refractivity contribution in [3.8, 4) is 0 Å². The topological polar surface area (TPSA) is 34.1 Å². The number of hydrogen-bond acceptors (Lipinski definition) is 2. The molecule has 0 fully saturated rings. The molecule has 0 N–H and O–H groups in total. The predicted octanol–water partition coefficient (Wildman–Crippen LogP) is 1.69. The molecule has 80 valence electrons. The Morgan fingerprint density at radius 3 is 1.14 bits per heavy atom. The standard InChI is InChI=1S/C11H20O2.Mg.2H/c1-10(2,3)8(12)7-9(13)11(4,5)6;;;/h7H2,1-6H3;;;. The van der Waals surface area contributed by atoms with Crippen LogP contribution in [0.1, 0.15) is 48.0 Å². The molecule has 0 aliphatic heterocycles. The Morgan fingerprint density at radius 1 is 0.786 bits per heavy atom. The molecule has 3 heteroatoms. The van der Waals surface area contributed by atoms with Gasteiger partial charge in [-0.3, -0.25) is 9.59 Å². The number of rotatable bonds is 2. The number of hydrogen-bond donors (Lipinski definition) is 0. The second-order valence-corrected chi connectivity index (χ2v) is 5.52. The zero-order valence-electron chi connectivity index (χ0n) is 9.52. The maximum atomic E-state index is 11.5. The summed E-state index contributed by atoms with van der Waals surface area (Å²) in [6, 6.07) is 0. The van der Waals surface area contributed by atoms with E-state index in [1.165, 1.54) is 0 Å². The summed E-state index contributed by atoms with van der Waals surface area (Å²) in [7, 11) is 0. The first-order chi connectivity index (χ1) is 5.55. The summed E-state index contributed by atoms with van der Waals surface area (Å²) in [6.07, 6.45) is 0.0625. The Balaban J connectivity index is 0. The zero-order chi connectivity index (χ0) is 10.9. The van der Waals surface area contributed by atoms with Gasteiger partial charge >= 0.3 is 23.1 Å². The van der Waals surface area contributed by atoms with E-state index >= 15 is 0 Å². The fourth-order valence-electron chi connectivity index (χ4n) is 0.676. The number of carbonyl (C=O) groups is 2. The Morgan fingerprint density at radius 2 is 1.00 bits per heavy atom. The molecule has 0 bridgehead atoms. The molecule has 0 radical (unpaired) electrons. The Kier molecular flexibility index (Phi) is 6.21. The van der Waals surface area contributed by atoms with Gasteiger partial charge in [-0.15, -0.1) is 0 Å². The van der Waals surface area contributed by atoms with Gasteiger partial charge in [0.2, 0.25) is 0 Å². The molecular weight excluding hydrogens is 188 g/mol. The van der Waals surface area contributed by atoms with Gasteiger partial charge in [-0.05, 0) is 0 Å². The van der Waals surface area contributed by atoms with Gasteiger partial charge in [0, 0.05) is 10.8 Å². The quantitative estimate of drug-likeness (QED) is 0.514. The van der Waals surface area contributed by atoms with Crippen molar-refractivity contribution in [2.24, 2.45) is 10.8 Å². The van der Waals surface area contributed by atoms with E-state index in [1.807, 2.05) is 41.5 Å². The highest BCUT2D eigenvalue weighted by molar-refractivity contribution is 6.03. The van der Waals surface area contributed by atoms with Crippen molar-refractivity contribution in [1.29, 1.82) is 0 Å². The number of Topliss-reactive ketones (excluding diaryl/α,β-unsaturated/α-hetero) is 2. The van der Waals surface area contributed by atoms with Crippen molar-refractivity contribution in [2.45, 2.75) is 48.0 Å². The minimum Gasteiger partial charge on any atom is -0.299 e. The van der Waals surface area contributed by atoms with Crippen molar-refractivity contribution in [3.05, 3.63) is 0 Å². The van der Waals surface area contributed by atoms with Gasteiger partial charge in [0.15, 0.2) is 0 Å². The molecule has 0 spiro atoms. The molecule has 0 aliphatic carbocycles. The van der Waals surface area contributed by atoms with Gasteiger partial charge in [0.05, 0.1) is 6.42 Å². The van der Waals surface area contributed by atoms with Gasteiger partial charge in [0.25, 0.3) is 0 Å². The molecule has 0 aromatic rings. The van der Waals surface area contributed by atoms with E-state index in [4.69, 9.17) is 0 Å². The first kappa shape index (κ1) is 16.5. The molecule has 0 heterocycles. The molecule has 0 aromatic carbocycles. The Hall–Kier alpha value is 0.106. The molecule has 0 unspecified atom stereocenters. The molecule has 0 amide bonds. The van der Waals surface area contributed by atoms with Gasteiger partial charge in [-0.2, -0.15) is 0 Å². The predicted molar refractivity (Wildman–Crippen MR) is 62.1 cm³/mol. The van der Waals surface area contributed by atoms with Crippen LogP contribution >= 0.6 is 0 Å². The van der Waals surface area contributed by atoms with Crippen molar-refractivity contribution >= 4 is 34.6 Å². The first-order valence-electron chi connectivity index (χ1n) is 4.62. The lowest BCUT2D eigenvalue weighted by molar-refractivity contribution is -0.135. The van der Waals surface area contributed by atoms with Crippen LogP contribution in [0.3, 0.4) is 0 Å². The molecule has 0 saturated heterocycles. The summed E-state index contributed by atoms with van der Waals surface area (Å²) >= 11 is 0. The monoisotopic (exact) mass is 210 g/mol. The summed E-state index contributed by atoms with van der Waals surface area (Å²) in [6.45, 7) is 11.0. The Labute approximate surface area is 103 Å². The molecule has 2 nitrogen and oxygen atoms in total. The molecule has 0 aliphatic rings. The van der Waals surface area contributed by atoms with E-state index in [9.17, 15) is 9.59 Å². The van der Waals surface area contributed by atoms with E-state index in [0.29, 0.717) is 0 Å². The van der Waals surface area contributed by atoms with Crippen LogP contribution in [-0.2, 0) is 9.59 Å². The van der Waals surface area contributed by atoms with Crippen LogP contribution in [0.5, 0.6) is 0 Å². The lowest BCUT2D eigenvalue weighted by Crippen LogP contribution is -2.28. The maximum Gasteiger partial charge on any atom is 0.316 e. The third-order valence-corrected chi connectivity index (χ3v) is 1.99. The number of carbonyl (C=O) groups excluding carboxylic acids is 2. The lowest BCUT2D eigenvalue weighted by atomic mass is 9.82. The Bertz CT molecular complexity index is 194. The lowest BCUT2D eigenvalue weighted by Gasteiger charge is -2.20. The fourth-order valence-corrected chi connectivity index (χ4v) is 0.676. The average Bonchev–Trinajstić information content (AvgIpc) is 1.82. The highest BCUT2D eigenvalue weighted by atomic mass is 24.3. The van der Waals surface area contributed by atoms with Gasteiger partial charge in [-0.1, -0.05) is 41.5 Å². The fraction of sp³-hybridized carbons (Fsp3) is 0.818. The van der Waals surface area contributed by atoms with Crippen molar-refractivity contribution in [1.82, 2.24) is 0 Å². The highest BCUT2D eigenvalue weighted by Gasteiger charge is 2.28. The second kappa shape index (κ2) is 5.26. The normalized spacial score (nSPS) is 11.9. The van der Waals surface area contributed by atoms with Gasteiger partial charge in [-0.25, -0.2) is 0 Å². The zero-order valence-corrected chi connectivity index (χ0v) is 9.52. The minimum atomic E-state index is -0.402. The van der Waals surface area contributed by atoms with E-state index < -0.39 is 10.8 Å². The summed E-state index contributed by atoms with van der Waals surface area (Å²) in [5.74, 6) is 0.0415. The molecule has 0 rings (SSSR count). The van der Waals surface area contributed by atoms with Gasteiger partial charge < -0.3 is 0 Å². The summed E-state index contributed by atoms with van der Waals surface area (Å²) in [4.78, 5) is 23.0. The van der Waals surface area contributed by atoms with Crippen molar-refractivity contribution in [3.63, 3.8) is 0 Å². The number of ketones is 2. The van der Waals surface area contributed by atoms with Gasteiger partial charge in [0.1, 0.15) is 11.6 Å². The van der Waals surface area contributed by atoms with E-state index in [-0.39, 0.29) is 41.0 Å². The smallest absolute Gasteiger partial charge is 0.299 e. The minimum absolute atomic E-state index is 0. The summed E-state index contributed by atoms with van der Waals surface area (Å²) in [5, 5.41) is 0. The maximum absolute atomic E-state index is 11.5. The molecule has 0 atom stereocenters. The van der Waals surface area contributed by atoms with Crippen molar-refractivity contribution in [2.75, 3.05) is 0 Å². The third kappa shape index (κ3) is 5.76. The van der Waals surface area contributed by atoms with Crippen LogP contribution in [0, 0.1) is 10.8 Å². The largest absolute Gasteiger partial charge is 0.316 e. The van der Waals surface area contributed by atoms with Crippen LogP contribution in [0.4, 0.5) is 0 Å². The van der Waals surface area contributed by atoms with E-state index in [0.717, 1.165) is 0 Å². The van der Waals surface area contributed by atoms with Crippen LogP contribution in [0.25, 0.3) is 0 Å². The van der Waals surface area contributed by atoms with Crippen LogP contribution < -0.4 is 0 Å². The third-order valence-electron chi connectivity index (χ3n) is 1.99. The molecule has 14 heavy (non-hydrogen) atoms. The van der Waals surface area contributed by atoms with Crippen molar-refractivity contribution < 1.29 is 9.59 Å². The van der Waals surface area contributed by atoms with Crippen LogP contribution in [0.2, 0.25) is 0 Å². The van der Waals surface area contributed by atoms with E-state index in [2.05, 4.69) is 0 Å². The SMILES string of the molecule is CC(C)(C)C(=O)CC(=O)C(C)(C)C.[MgH2]. The first-order valence-corrected chi connectivity index (χ1v) is 4.62. The van der Waals surface area contributed by atoms with Crippen LogP contribution in [0.15, 0.2) is 0 Å². The second-order valence-electron chi connectivity index (χ2n) is 5.52. The van der Waals surface area contributed by atoms with E-state index in [1.54, 1.807) is 0 Å². The molecule has 0 aromatic heterocycles. The average molecular weight is 211 g/mol.